The van der Waals surface area contributed by atoms with Gasteiger partial charge in [-0.1, -0.05) is 41.4 Å². The third-order valence-electron chi connectivity index (χ3n) is 5.05. The number of nitrogens with one attached hydrogen (secondary N) is 2. The van der Waals surface area contributed by atoms with Crippen molar-refractivity contribution in [3.63, 3.8) is 0 Å². The molecule has 1 saturated heterocycles. The number of rotatable bonds is 6. The van der Waals surface area contributed by atoms with Crippen LogP contribution in [-0.2, 0) is 15.1 Å². The van der Waals surface area contributed by atoms with Crippen molar-refractivity contribution in [3.05, 3.63) is 63.6 Å². The van der Waals surface area contributed by atoms with Crippen LogP contribution in [0.4, 0.5) is 4.79 Å². The van der Waals surface area contributed by atoms with Gasteiger partial charge in [-0.3, -0.25) is 14.5 Å². The maximum absolute atomic E-state index is 13.0. The van der Waals surface area contributed by atoms with Crippen molar-refractivity contribution in [2.24, 2.45) is 0 Å². The molecule has 9 heteroatoms. The highest BCUT2D eigenvalue weighted by Gasteiger charge is 2.49. The van der Waals surface area contributed by atoms with Gasteiger partial charge in [-0.05, 0) is 49.2 Å². The predicted octanol–water partition coefficient (Wildman–Crippen LogP) is 3.65. The molecule has 1 aliphatic heterocycles. The molecule has 2 aromatic carbocycles. The zero-order valence-electron chi connectivity index (χ0n) is 16.7. The molecule has 0 spiro atoms. The maximum atomic E-state index is 13.0. The topological polar surface area (TPSA) is 87.7 Å². The molecule has 3 rings (SSSR count). The lowest BCUT2D eigenvalue weighted by Crippen LogP contribution is -2.43. The molecular weight excluding hydrogens is 429 g/mol. The van der Waals surface area contributed by atoms with Gasteiger partial charge in [-0.2, -0.15) is 0 Å². The predicted molar refractivity (Wildman–Crippen MR) is 114 cm³/mol. The molecule has 30 heavy (non-hydrogen) atoms. The average molecular weight is 450 g/mol. The molecule has 0 bridgehead atoms. The Morgan fingerprint density at radius 2 is 1.87 bits per heavy atom. The third-order valence-corrected chi connectivity index (χ3v) is 5.61. The van der Waals surface area contributed by atoms with E-state index in [0.29, 0.717) is 26.9 Å². The summed E-state index contributed by atoms with van der Waals surface area (Å²) in [6.07, 6.45) is 0. The molecule has 0 aromatic heterocycles. The van der Waals surface area contributed by atoms with Gasteiger partial charge in [0.15, 0.2) is 0 Å². The van der Waals surface area contributed by atoms with E-state index in [0.717, 1.165) is 4.90 Å². The van der Waals surface area contributed by atoms with Crippen molar-refractivity contribution in [1.82, 2.24) is 15.5 Å². The Bertz CT molecular complexity index is 996. The van der Waals surface area contributed by atoms with Crippen LogP contribution in [-0.4, -0.2) is 36.4 Å². The monoisotopic (exact) mass is 449 g/mol. The normalized spacial score (nSPS) is 19.4. The van der Waals surface area contributed by atoms with Gasteiger partial charge in [0.25, 0.3) is 5.91 Å². The Balaban J connectivity index is 1.70. The smallest absolute Gasteiger partial charge is 0.325 e. The first-order valence-corrected chi connectivity index (χ1v) is 9.94. The summed E-state index contributed by atoms with van der Waals surface area (Å²) in [6.45, 7) is 2.94. The molecule has 0 radical (unpaired) electrons. The molecule has 2 N–H and O–H groups in total. The van der Waals surface area contributed by atoms with E-state index in [1.165, 1.54) is 7.11 Å². The SMILES string of the molecule is COc1ccc(C2(C)NC(=O)N(CC(=O)NC(C)c3ccc(Cl)cc3Cl)C2=O)cc1. The van der Waals surface area contributed by atoms with Crippen LogP contribution in [0.5, 0.6) is 5.75 Å². The van der Waals surface area contributed by atoms with Gasteiger partial charge >= 0.3 is 6.03 Å². The lowest BCUT2D eigenvalue weighted by atomic mass is 9.92. The number of amides is 4. The van der Waals surface area contributed by atoms with E-state index in [9.17, 15) is 14.4 Å². The van der Waals surface area contributed by atoms with Crippen LogP contribution < -0.4 is 15.4 Å². The Morgan fingerprint density at radius 3 is 2.47 bits per heavy atom. The molecule has 1 fully saturated rings. The van der Waals surface area contributed by atoms with Gasteiger partial charge in [-0.25, -0.2) is 4.79 Å². The Kier molecular flexibility index (Phi) is 6.24. The fourth-order valence-electron chi connectivity index (χ4n) is 3.32. The molecular formula is C21H21Cl2N3O4. The standard InChI is InChI=1S/C21H21Cl2N3O4/c1-12(16-9-6-14(22)10-17(16)23)24-18(27)11-26-19(28)21(2,25-20(26)29)13-4-7-15(30-3)8-5-13/h4-10,12H,11H2,1-3H3,(H,24,27)(H,25,29). The van der Waals surface area contributed by atoms with Gasteiger partial charge in [0, 0.05) is 10.0 Å². The molecule has 7 nitrogen and oxygen atoms in total. The molecule has 1 heterocycles. The van der Waals surface area contributed by atoms with E-state index < -0.39 is 36.0 Å². The number of methoxy groups -OCH3 is 1. The van der Waals surface area contributed by atoms with Crippen molar-refractivity contribution in [2.45, 2.75) is 25.4 Å². The Hall–Kier alpha value is -2.77. The van der Waals surface area contributed by atoms with Crippen molar-refractivity contribution in [1.29, 1.82) is 0 Å². The number of halogens is 2. The van der Waals surface area contributed by atoms with Gasteiger partial charge < -0.3 is 15.4 Å². The highest BCUT2D eigenvalue weighted by Crippen LogP contribution is 2.30. The molecule has 0 saturated carbocycles. The molecule has 158 valence electrons. The number of nitrogens with zero attached hydrogens (tertiary/aromatic N) is 1. The summed E-state index contributed by atoms with van der Waals surface area (Å²) in [5, 5.41) is 6.32. The Labute approximate surface area is 184 Å². The molecule has 2 atom stereocenters. The van der Waals surface area contributed by atoms with Crippen LogP contribution in [0, 0.1) is 0 Å². The number of benzene rings is 2. The van der Waals surface area contributed by atoms with Gasteiger partial charge in [0.2, 0.25) is 5.91 Å². The van der Waals surface area contributed by atoms with Crippen LogP contribution in [0.25, 0.3) is 0 Å². The molecule has 0 aliphatic carbocycles. The summed E-state index contributed by atoms with van der Waals surface area (Å²) in [4.78, 5) is 38.8. The second-order valence-corrected chi connectivity index (χ2v) is 7.97. The number of carbonyl (C=O) groups excluding carboxylic acids is 3. The first kappa shape index (κ1) is 21.9. The van der Waals surface area contributed by atoms with Crippen molar-refractivity contribution >= 4 is 41.0 Å². The highest BCUT2D eigenvalue weighted by molar-refractivity contribution is 6.35. The second-order valence-electron chi connectivity index (χ2n) is 7.13. The van der Waals surface area contributed by atoms with Crippen LogP contribution in [0.1, 0.15) is 31.0 Å². The van der Waals surface area contributed by atoms with E-state index in [2.05, 4.69) is 10.6 Å². The van der Waals surface area contributed by atoms with E-state index >= 15 is 0 Å². The largest absolute Gasteiger partial charge is 0.497 e. The van der Waals surface area contributed by atoms with Crippen LogP contribution >= 0.6 is 23.2 Å². The summed E-state index contributed by atoms with van der Waals surface area (Å²) in [5.41, 5.74) is -0.00470. The molecule has 2 aromatic rings. The minimum atomic E-state index is -1.27. The average Bonchev–Trinajstić information content (AvgIpc) is 2.91. The van der Waals surface area contributed by atoms with E-state index in [4.69, 9.17) is 27.9 Å². The third kappa shape index (κ3) is 4.22. The quantitative estimate of drug-likeness (QED) is 0.658. The highest BCUT2D eigenvalue weighted by atomic mass is 35.5. The number of ether oxygens (including phenoxy) is 1. The first-order chi connectivity index (χ1) is 14.2. The van der Waals surface area contributed by atoms with Gasteiger partial charge in [-0.15, -0.1) is 0 Å². The van der Waals surface area contributed by atoms with E-state index in [1.54, 1.807) is 56.3 Å². The summed E-state index contributed by atoms with van der Waals surface area (Å²) in [5.74, 6) is -0.369. The van der Waals surface area contributed by atoms with Crippen molar-refractivity contribution in [2.75, 3.05) is 13.7 Å². The van der Waals surface area contributed by atoms with Crippen LogP contribution in [0.2, 0.25) is 10.0 Å². The zero-order valence-corrected chi connectivity index (χ0v) is 18.2. The van der Waals surface area contributed by atoms with Gasteiger partial charge in [0.05, 0.1) is 13.2 Å². The minimum Gasteiger partial charge on any atom is -0.497 e. The fraction of sp³-hybridized carbons (Fsp3) is 0.286. The summed E-state index contributed by atoms with van der Waals surface area (Å²) in [6, 6.07) is 10.7. The lowest BCUT2D eigenvalue weighted by Gasteiger charge is -2.22. The van der Waals surface area contributed by atoms with Crippen molar-refractivity contribution < 1.29 is 19.1 Å². The van der Waals surface area contributed by atoms with E-state index in [1.807, 2.05) is 0 Å². The summed E-state index contributed by atoms with van der Waals surface area (Å²) >= 11 is 12.1. The molecule has 2 unspecified atom stereocenters. The molecule has 1 aliphatic rings. The number of imide groups is 1. The first-order valence-electron chi connectivity index (χ1n) is 9.18. The number of carbonyl (C=O) groups is 3. The number of urea groups is 1. The van der Waals surface area contributed by atoms with Crippen LogP contribution in [0.15, 0.2) is 42.5 Å². The minimum absolute atomic E-state index is 0.411. The lowest BCUT2D eigenvalue weighted by molar-refractivity contribution is -0.135. The Morgan fingerprint density at radius 1 is 1.20 bits per heavy atom. The van der Waals surface area contributed by atoms with E-state index in [-0.39, 0.29) is 0 Å². The van der Waals surface area contributed by atoms with Crippen molar-refractivity contribution in [3.8, 4) is 5.75 Å². The maximum Gasteiger partial charge on any atom is 0.325 e. The van der Waals surface area contributed by atoms with Gasteiger partial charge in [0.1, 0.15) is 17.8 Å². The van der Waals surface area contributed by atoms with Crippen LogP contribution in [0.3, 0.4) is 0 Å². The summed E-state index contributed by atoms with van der Waals surface area (Å²) in [7, 11) is 1.54. The summed E-state index contributed by atoms with van der Waals surface area (Å²) < 4.78 is 5.12. The number of hydrogen-bond donors (Lipinski definition) is 2. The fourth-order valence-corrected chi connectivity index (χ4v) is 3.89. The second kappa shape index (κ2) is 8.53. The molecule has 4 amide bonds. The number of hydrogen-bond acceptors (Lipinski definition) is 4. The zero-order chi connectivity index (χ0) is 22.1.